The van der Waals surface area contributed by atoms with Gasteiger partial charge in [-0.3, -0.25) is 4.79 Å². The van der Waals surface area contributed by atoms with Crippen molar-refractivity contribution in [2.75, 3.05) is 14.2 Å². The third-order valence-corrected chi connectivity index (χ3v) is 3.98. The predicted octanol–water partition coefficient (Wildman–Crippen LogP) is 3.92. The summed E-state index contributed by atoms with van der Waals surface area (Å²) in [6.07, 6.45) is 3.55. The van der Waals surface area contributed by atoms with Crippen molar-refractivity contribution >= 4 is 11.9 Å². The second-order valence-electron chi connectivity index (χ2n) is 5.24. The first-order valence-corrected chi connectivity index (χ1v) is 7.28. The van der Waals surface area contributed by atoms with Crippen LogP contribution < -0.4 is 9.47 Å². The molecule has 112 valence electrons. The van der Waals surface area contributed by atoms with E-state index < -0.39 is 0 Å². The molecule has 1 aliphatic carbocycles. The molecule has 0 atom stereocenters. The third kappa shape index (κ3) is 2.50. The topological polar surface area (TPSA) is 35.5 Å². The Labute approximate surface area is 130 Å². The number of methoxy groups -OCH3 is 2. The number of ketones is 1. The van der Waals surface area contributed by atoms with Crippen LogP contribution in [0.2, 0.25) is 0 Å². The molecule has 0 heterocycles. The fraction of sp³-hybridized carbons (Fsp3) is 0.211. The summed E-state index contributed by atoms with van der Waals surface area (Å²) in [5, 5.41) is 0. The van der Waals surface area contributed by atoms with Crippen molar-refractivity contribution in [2.24, 2.45) is 0 Å². The minimum atomic E-state index is 0.103. The number of para-hydroxylation sites is 1. The molecule has 1 aliphatic rings. The standard InChI is InChI=1S/C19H18O3/c1-21-17-9-5-7-15(19(17)22-2)12-14-11-10-13-6-3-4-8-16(13)18(14)20/h3-9,12H,10-11H2,1-2H3/b14-12+. The van der Waals surface area contributed by atoms with Crippen LogP contribution in [-0.4, -0.2) is 20.0 Å². The van der Waals surface area contributed by atoms with Gasteiger partial charge < -0.3 is 9.47 Å². The molecule has 22 heavy (non-hydrogen) atoms. The van der Waals surface area contributed by atoms with Gasteiger partial charge in [0.1, 0.15) is 0 Å². The van der Waals surface area contributed by atoms with Gasteiger partial charge >= 0.3 is 0 Å². The summed E-state index contributed by atoms with van der Waals surface area (Å²) in [7, 11) is 3.22. The molecule has 0 spiro atoms. The van der Waals surface area contributed by atoms with Gasteiger partial charge in [-0.25, -0.2) is 0 Å². The van der Waals surface area contributed by atoms with Crippen molar-refractivity contribution in [1.82, 2.24) is 0 Å². The number of rotatable bonds is 3. The Kier molecular flexibility index (Phi) is 3.96. The molecule has 2 aromatic carbocycles. The number of aryl methyl sites for hydroxylation is 1. The lowest BCUT2D eigenvalue weighted by Gasteiger charge is -2.18. The molecular formula is C19H18O3. The zero-order valence-electron chi connectivity index (χ0n) is 12.8. The number of hydrogen-bond acceptors (Lipinski definition) is 3. The maximum atomic E-state index is 12.6. The molecule has 0 saturated heterocycles. The Bertz CT molecular complexity index is 744. The maximum Gasteiger partial charge on any atom is 0.189 e. The van der Waals surface area contributed by atoms with E-state index in [2.05, 4.69) is 0 Å². The smallest absolute Gasteiger partial charge is 0.189 e. The van der Waals surface area contributed by atoms with Crippen molar-refractivity contribution in [1.29, 1.82) is 0 Å². The lowest BCUT2D eigenvalue weighted by molar-refractivity contribution is 0.102. The molecule has 0 aromatic heterocycles. The minimum Gasteiger partial charge on any atom is -0.493 e. The molecular weight excluding hydrogens is 276 g/mol. The number of allylic oxidation sites excluding steroid dienone is 1. The summed E-state index contributed by atoms with van der Waals surface area (Å²) in [6.45, 7) is 0. The quantitative estimate of drug-likeness (QED) is 0.805. The summed E-state index contributed by atoms with van der Waals surface area (Å²) >= 11 is 0. The zero-order valence-corrected chi connectivity index (χ0v) is 12.8. The Hall–Kier alpha value is -2.55. The van der Waals surface area contributed by atoms with Gasteiger partial charge in [0, 0.05) is 16.7 Å². The molecule has 0 saturated carbocycles. The van der Waals surface area contributed by atoms with Crippen LogP contribution in [0.15, 0.2) is 48.0 Å². The van der Waals surface area contributed by atoms with Crippen LogP contribution in [0.25, 0.3) is 6.08 Å². The Morgan fingerprint density at radius 3 is 2.55 bits per heavy atom. The van der Waals surface area contributed by atoms with Crippen molar-refractivity contribution in [3.05, 3.63) is 64.7 Å². The highest BCUT2D eigenvalue weighted by molar-refractivity contribution is 6.13. The summed E-state index contributed by atoms with van der Waals surface area (Å²) in [4.78, 5) is 12.6. The summed E-state index contributed by atoms with van der Waals surface area (Å²) in [6, 6.07) is 13.5. The first kappa shape index (κ1) is 14.4. The van der Waals surface area contributed by atoms with E-state index in [9.17, 15) is 4.79 Å². The average molecular weight is 294 g/mol. The van der Waals surface area contributed by atoms with Crippen LogP contribution >= 0.6 is 0 Å². The number of fused-ring (bicyclic) bond motifs is 1. The fourth-order valence-electron chi connectivity index (χ4n) is 2.87. The lowest BCUT2D eigenvalue weighted by atomic mass is 9.86. The van der Waals surface area contributed by atoms with E-state index in [1.807, 2.05) is 48.5 Å². The van der Waals surface area contributed by atoms with Gasteiger partial charge in [0.25, 0.3) is 0 Å². The number of hydrogen-bond donors (Lipinski definition) is 0. The summed E-state index contributed by atoms with van der Waals surface area (Å²) in [5.74, 6) is 1.43. The van der Waals surface area contributed by atoms with Crippen LogP contribution in [0, 0.1) is 0 Å². The van der Waals surface area contributed by atoms with E-state index in [0.29, 0.717) is 11.5 Å². The monoisotopic (exact) mass is 294 g/mol. The van der Waals surface area contributed by atoms with Crippen LogP contribution in [-0.2, 0) is 6.42 Å². The van der Waals surface area contributed by atoms with Crippen molar-refractivity contribution in [3.8, 4) is 11.5 Å². The minimum absolute atomic E-state index is 0.103. The average Bonchev–Trinajstić information content (AvgIpc) is 2.57. The van der Waals surface area contributed by atoms with E-state index in [4.69, 9.17) is 9.47 Å². The van der Waals surface area contributed by atoms with E-state index in [1.54, 1.807) is 14.2 Å². The van der Waals surface area contributed by atoms with E-state index in [0.717, 1.165) is 35.1 Å². The third-order valence-electron chi connectivity index (χ3n) is 3.98. The van der Waals surface area contributed by atoms with Crippen molar-refractivity contribution in [3.63, 3.8) is 0 Å². The summed E-state index contributed by atoms with van der Waals surface area (Å²) in [5.41, 5.74) is 3.61. The number of ether oxygens (including phenoxy) is 2. The normalized spacial score (nSPS) is 15.5. The molecule has 3 rings (SSSR count). The van der Waals surface area contributed by atoms with Gasteiger partial charge in [0.2, 0.25) is 0 Å². The van der Waals surface area contributed by atoms with Gasteiger partial charge in [-0.1, -0.05) is 36.4 Å². The van der Waals surface area contributed by atoms with Gasteiger partial charge in [-0.15, -0.1) is 0 Å². The number of benzene rings is 2. The first-order chi connectivity index (χ1) is 10.7. The fourth-order valence-corrected chi connectivity index (χ4v) is 2.87. The molecule has 0 unspecified atom stereocenters. The number of carbonyl (C=O) groups excluding carboxylic acids is 1. The van der Waals surface area contributed by atoms with Gasteiger partial charge in [0.05, 0.1) is 14.2 Å². The van der Waals surface area contributed by atoms with E-state index in [1.165, 1.54) is 0 Å². The summed E-state index contributed by atoms with van der Waals surface area (Å²) < 4.78 is 10.7. The van der Waals surface area contributed by atoms with Gasteiger partial charge in [0.15, 0.2) is 17.3 Å². The van der Waals surface area contributed by atoms with Crippen LogP contribution in [0.4, 0.5) is 0 Å². The molecule has 2 aromatic rings. The Balaban J connectivity index is 2.02. The van der Waals surface area contributed by atoms with E-state index in [-0.39, 0.29) is 5.78 Å². The zero-order chi connectivity index (χ0) is 15.5. The van der Waals surface area contributed by atoms with Crippen LogP contribution in [0.1, 0.15) is 27.9 Å². The molecule has 0 bridgehead atoms. The second-order valence-corrected chi connectivity index (χ2v) is 5.24. The van der Waals surface area contributed by atoms with Crippen LogP contribution in [0.3, 0.4) is 0 Å². The number of carbonyl (C=O) groups is 1. The number of Topliss-reactive ketones (excluding diaryl/α,β-unsaturated/α-hetero) is 1. The highest BCUT2D eigenvalue weighted by Crippen LogP contribution is 2.34. The first-order valence-electron chi connectivity index (χ1n) is 7.28. The van der Waals surface area contributed by atoms with Crippen molar-refractivity contribution in [2.45, 2.75) is 12.8 Å². The Morgan fingerprint density at radius 2 is 1.77 bits per heavy atom. The van der Waals surface area contributed by atoms with Gasteiger partial charge in [-0.2, -0.15) is 0 Å². The second kappa shape index (κ2) is 6.06. The predicted molar refractivity (Wildman–Crippen MR) is 86.6 cm³/mol. The van der Waals surface area contributed by atoms with Gasteiger partial charge in [-0.05, 0) is 30.5 Å². The molecule has 0 radical (unpaired) electrons. The lowest BCUT2D eigenvalue weighted by Crippen LogP contribution is -2.13. The molecule has 3 nitrogen and oxygen atoms in total. The maximum absolute atomic E-state index is 12.6. The highest BCUT2D eigenvalue weighted by Gasteiger charge is 2.21. The van der Waals surface area contributed by atoms with E-state index >= 15 is 0 Å². The molecule has 0 fully saturated rings. The van der Waals surface area contributed by atoms with Crippen LogP contribution in [0.5, 0.6) is 11.5 Å². The SMILES string of the molecule is COc1cccc(/C=C2\CCc3ccccc3C2=O)c1OC. The Morgan fingerprint density at radius 1 is 0.955 bits per heavy atom. The molecule has 0 aliphatic heterocycles. The molecule has 3 heteroatoms. The largest absolute Gasteiger partial charge is 0.493 e. The van der Waals surface area contributed by atoms with Crippen molar-refractivity contribution < 1.29 is 14.3 Å². The molecule has 0 amide bonds. The molecule has 0 N–H and O–H groups in total. The highest BCUT2D eigenvalue weighted by atomic mass is 16.5.